The second-order valence-electron chi connectivity index (χ2n) is 27.8. The van der Waals surface area contributed by atoms with Gasteiger partial charge in [-0.2, -0.15) is 0 Å². The summed E-state index contributed by atoms with van der Waals surface area (Å²) in [5.41, 5.74) is -1.44. The van der Waals surface area contributed by atoms with Crippen molar-refractivity contribution in [1.29, 1.82) is 0 Å². The van der Waals surface area contributed by atoms with Crippen molar-refractivity contribution in [2.24, 2.45) is 0 Å². The Hall–Kier alpha value is -4.95. The monoisotopic (exact) mass is 1590 g/mol. The maximum atomic E-state index is 14.6. The van der Waals surface area contributed by atoms with Crippen LogP contribution in [0.1, 0.15) is 214 Å². The molecule has 1 aliphatic heterocycles. The SMILES string of the molecule is CCCCCCCCCCCCCCCCOCC(COCCOCCOCCOCCOCCOCCOCCOCCOCCOCCOCCOCCOCCOCCOCCNC(=O)c1ccc(-c2c3cc(F)c(=O)cc-3oc3cc(O)c(F)cc23)c(C(=O)O)c1)OCCCCCCCCCCCCCCCC. The highest BCUT2D eigenvalue weighted by Crippen LogP contribution is 2.43. The van der Waals surface area contributed by atoms with E-state index >= 15 is 0 Å². The molecule has 1 unspecified atom stereocenters. The van der Waals surface area contributed by atoms with Crippen molar-refractivity contribution in [2.75, 3.05) is 225 Å². The molecular formula is C86H141F2NO23. The van der Waals surface area contributed by atoms with Gasteiger partial charge in [0.05, 0.1) is 210 Å². The van der Waals surface area contributed by atoms with Gasteiger partial charge in [-0.1, -0.05) is 187 Å². The van der Waals surface area contributed by atoms with Gasteiger partial charge < -0.3 is 100 Å². The molecule has 0 fully saturated rings. The fraction of sp³-hybridized carbons (Fsp3) is 0.756. The summed E-state index contributed by atoms with van der Waals surface area (Å²) in [5.74, 6) is -5.08. The minimum Gasteiger partial charge on any atom is -0.505 e. The normalized spacial score (nSPS) is 12.0. The molecule has 112 heavy (non-hydrogen) atoms. The number of unbranched alkanes of at least 4 members (excludes halogenated alkanes) is 26. The zero-order valence-electron chi connectivity index (χ0n) is 68.2. The summed E-state index contributed by atoms with van der Waals surface area (Å²) in [6.45, 7) is 19.7. The fourth-order valence-electron chi connectivity index (χ4n) is 12.2. The third kappa shape index (κ3) is 51.2. The van der Waals surface area contributed by atoms with E-state index in [1.165, 1.54) is 179 Å². The molecule has 0 saturated heterocycles. The molecule has 3 N–H and O–H groups in total. The molecule has 4 rings (SSSR count). The van der Waals surface area contributed by atoms with E-state index in [4.69, 9.17) is 84.9 Å². The van der Waals surface area contributed by atoms with E-state index in [9.17, 15) is 33.4 Å². The van der Waals surface area contributed by atoms with Crippen molar-refractivity contribution >= 4 is 22.8 Å². The van der Waals surface area contributed by atoms with Crippen molar-refractivity contribution in [2.45, 2.75) is 200 Å². The molecule has 1 heterocycles. The van der Waals surface area contributed by atoms with Crippen LogP contribution in [-0.4, -0.2) is 253 Å². The number of aromatic carboxylic acids is 1. The molecule has 1 aliphatic carbocycles. The number of aromatic hydroxyl groups is 1. The number of carbonyl (C=O) groups is 2. The topological polar surface area (TPSA) is 274 Å². The maximum Gasteiger partial charge on any atom is 0.336 e. The lowest BCUT2D eigenvalue weighted by Crippen LogP contribution is -2.28. The van der Waals surface area contributed by atoms with Crippen LogP contribution in [0.5, 0.6) is 5.75 Å². The minimum absolute atomic E-state index is 0.000416. The van der Waals surface area contributed by atoms with Crippen LogP contribution >= 0.6 is 0 Å². The van der Waals surface area contributed by atoms with Gasteiger partial charge in [0.1, 0.15) is 17.4 Å². The number of rotatable bonds is 83. The molecule has 2 aromatic carbocycles. The summed E-state index contributed by atoms with van der Waals surface area (Å²) < 4.78 is 131. The first-order valence-corrected chi connectivity index (χ1v) is 42.2. The second-order valence-corrected chi connectivity index (χ2v) is 27.8. The van der Waals surface area contributed by atoms with Crippen LogP contribution in [0.4, 0.5) is 8.78 Å². The van der Waals surface area contributed by atoms with Crippen LogP contribution < -0.4 is 10.7 Å². The molecule has 26 heteroatoms. The molecule has 0 aromatic heterocycles. The lowest BCUT2D eigenvalue weighted by atomic mass is 9.89. The van der Waals surface area contributed by atoms with Gasteiger partial charge in [-0.3, -0.25) is 9.59 Å². The Bertz CT molecular complexity index is 2910. The highest BCUT2D eigenvalue weighted by Gasteiger charge is 2.26. The number of ether oxygens (including phenoxy) is 17. The average molecular weight is 1600 g/mol. The minimum atomic E-state index is -1.43. The third-order valence-electron chi connectivity index (χ3n) is 18.5. The Morgan fingerprint density at radius 1 is 0.375 bits per heavy atom. The summed E-state index contributed by atoms with van der Waals surface area (Å²) in [6.07, 6.45) is 37.7. The molecule has 1 amide bonds. The van der Waals surface area contributed by atoms with E-state index in [0.29, 0.717) is 185 Å². The zero-order valence-corrected chi connectivity index (χ0v) is 68.2. The van der Waals surface area contributed by atoms with E-state index in [0.717, 1.165) is 56.4 Å². The van der Waals surface area contributed by atoms with Gasteiger partial charge in [0, 0.05) is 54.0 Å². The number of carbonyl (C=O) groups excluding carboxylic acids is 1. The summed E-state index contributed by atoms with van der Waals surface area (Å²) in [7, 11) is 0. The number of nitrogens with one attached hydrogen (secondary N) is 1. The van der Waals surface area contributed by atoms with Crippen LogP contribution in [0.15, 0.2) is 51.7 Å². The first-order chi connectivity index (χ1) is 55.1. The number of benzene rings is 3. The summed E-state index contributed by atoms with van der Waals surface area (Å²) >= 11 is 0. The Labute approximate surface area is 666 Å². The first kappa shape index (κ1) is 99.4. The summed E-state index contributed by atoms with van der Waals surface area (Å²) in [5, 5.41) is 22.8. The smallest absolute Gasteiger partial charge is 0.336 e. The van der Waals surface area contributed by atoms with Crippen LogP contribution in [-0.2, 0) is 80.5 Å². The number of carboxylic acids is 1. The number of halogens is 2. The number of hydrogen-bond acceptors (Lipinski definition) is 22. The highest BCUT2D eigenvalue weighted by molar-refractivity contribution is 6.09. The number of phenolic OH excluding ortho intramolecular Hbond substituents is 1. The van der Waals surface area contributed by atoms with E-state index in [1.54, 1.807) is 0 Å². The predicted octanol–water partition coefficient (Wildman–Crippen LogP) is 15.6. The Morgan fingerprint density at radius 2 is 0.705 bits per heavy atom. The number of carboxylic acid groups (broad SMARTS) is 1. The number of phenols is 1. The van der Waals surface area contributed by atoms with Crippen molar-refractivity contribution in [3.8, 4) is 28.2 Å². The van der Waals surface area contributed by atoms with Gasteiger partial charge >= 0.3 is 5.97 Å². The number of hydrogen-bond donors (Lipinski definition) is 3. The molecule has 0 spiro atoms. The van der Waals surface area contributed by atoms with E-state index in [1.807, 2.05) is 0 Å². The van der Waals surface area contributed by atoms with Crippen LogP contribution in [0.3, 0.4) is 0 Å². The molecule has 2 aromatic rings. The molecule has 0 bridgehead atoms. The molecule has 642 valence electrons. The van der Waals surface area contributed by atoms with Crippen molar-refractivity contribution in [3.63, 3.8) is 0 Å². The molecule has 2 aliphatic rings. The molecule has 24 nitrogen and oxygen atoms in total. The average Bonchev–Trinajstić information content (AvgIpc) is 0.742. The Balaban J connectivity index is 0.823. The largest absolute Gasteiger partial charge is 0.505 e. The van der Waals surface area contributed by atoms with Gasteiger partial charge in [0.25, 0.3) is 5.91 Å². The standard InChI is InChI=1S/C86H141F2NO23/c1-3-5-7-9-11-13-15-17-19-21-23-25-27-29-34-109-70-73(111-35-30-28-26-24-22-20-18-16-14-12-10-8-6-4-2)71-110-64-63-108-62-61-107-60-59-106-58-57-105-56-55-104-54-53-103-52-51-102-50-49-101-48-47-100-46-45-99-44-43-98-42-41-97-40-39-96-38-37-95-36-33-89-85(92)72-31-32-74(75(65-72)86(93)94)84-76-66-78(87)80(90)68-82(76)112-83-69-81(91)79(88)67-77(83)84/h31-32,65-69,73,90H,3-30,33-64,70-71H2,1-2H3,(H,89,92)(H,93,94). The van der Waals surface area contributed by atoms with Crippen molar-refractivity contribution in [1.82, 2.24) is 5.32 Å². The van der Waals surface area contributed by atoms with Crippen molar-refractivity contribution < 1.29 is 114 Å². The number of fused-ring (bicyclic) bond motifs is 2. The van der Waals surface area contributed by atoms with E-state index < -0.39 is 34.7 Å². The second kappa shape index (κ2) is 71.4. The van der Waals surface area contributed by atoms with Gasteiger partial charge in [-0.15, -0.1) is 0 Å². The highest BCUT2D eigenvalue weighted by atomic mass is 19.1. The zero-order chi connectivity index (χ0) is 79.9. The summed E-state index contributed by atoms with van der Waals surface area (Å²) in [4.78, 5) is 37.6. The number of amides is 1. The maximum absolute atomic E-state index is 14.6. The van der Waals surface area contributed by atoms with Gasteiger partial charge in [-0.05, 0) is 42.7 Å². The molecule has 0 radical (unpaired) electrons. The molecule has 0 saturated carbocycles. The van der Waals surface area contributed by atoms with Crippen LogP contribution in [0, 0.1) is 11.6 Å². The van der Waals surface area contributed by atoms with E-state index in [-0.39, 0.29) is 77.0 Å². The van der Waals surface area contributed by atoms with Gasteiger partial charge in [0.2, 0.25) is 5.43 Å². The van der Waals surface area contributed by atoms with Gasteiger partial charge in [-0.25, -0.2) is 13.6 Å². The van der Waals surface area contributed by atoms with Crippen LogP contribution in [0.25, 0.3) is 33.4 Å². The lowest BCUT2D eigenvalue weighted by Gasteiger charge is -2.18. The quantitative estimate of drug-likeness (QED) is 0.0274. The first-order valence-electron chi connectivity index (χ1n) is 42.2. The summed E-state index contributed by atoms with van der Waals surface area (Å²) in [6, 6.07) is 7.45. The van der Waals surface area contributed by atoms with Gasteiger partial charge in [0.15, 0.2) is 17.4 Å². The predicted molar refractivity (Wildman–Crippen MR) is 429 cm³/mol. The molecular weight excluding hydrogens is 1450 g/mol. The Kier molecular flexibility index (Phi) is 63.4. The molecule has 1 atom stereocenters. The van der Waals surface area contributed by atoms with Crippen LogP contribution in [0.2, 0.25) is 0 Å². The van der Waals surface area contributed by atoms with Crippen molar-refractivity contribution in [3.05, 3.63) is 75.4 Å². The third-order valence-corrected chi connectivity index (χ3v) is 18.5. The Morgan fingerprint density at radius 3 is 1.07 bits per heavy atom. The van der Waals surface area contributed by atoms with E-state index in [2.05, 4.69) is 19.2 Å². The fourth-order valence-corrected chi connectivity index (χ4v) is 12.2. The lowest BCUT2D eigenvalue weighted by molar-refractivity contribution is -0.0702.